The molecule has 0 atom stereocenters. The first-order valence-electron chi connectivity index (χ1n) is 7.15. The Hall–Kier alpha value is -2.17. The van der Waals surface area contributed by atoms with Gasteiger partial charge in [-0.25, -0.2) is 4.98 Å². The summed E-state index contributed by atoms with van der Waals surface area (Å²) in [6.45, 7) is 0. The second-order valence-electron chi connectivity index (χ2n) is 5.23. The number of hydrogen-bond donors (Lipinski definition) is 0. The number of benzene rings is 1. The molecule has 0 aliphatic carbocycles. The maximum absolute atomic E-state index is 4.61. The first kappa shape index (κ1) is 15.7. The summed E-state index contributed by atoms with van der Waals surface area (Å²) in [5.41, 5.74) is 4.47. The van der Waals surface area contributed by atoms with E-state index < -0.39 is 0 Å². The summed E-state index contributed by atoms with van der Waals surface area (Å²) in [6, 6.07) is 16.4. The van der Waals surface area contributed by atoms with Crippen molar-refractivity contribution in [1.82, 2.24) is 9.97 Å². The van der Waals surface area contributed by atoms with Crippen LogP contribution in [0.15, 0.2) is 67.1 Å². The van der Waals surface area contributed by atoms with E-state index in [0.29, 0.717) is 0 Å². The SMILES string of the molecule is CN1[B]N(c2ccc(-c3cccnc3)cn2)c2ccccc21.[Ir]. The summed E-state index contributed by atoms with van der Waals surface area (Å²) < 4.78 is 0. The molecule has 23 heavy (non-hydrogen) atoms. The molecule has 0 saturated heterocycles. The molecule has 4 rings (SSSR count). The molecule has 2 aromatic heterocycles. The average molecular weight is 477 g/mol. The Labute approximate surface area is 149 Å². The number of para-hydroxylation sites is 2. The number of fused-ring (bicyclic) bond motifs is 1. The standard InChI is InChI=1S/C17H14BN4.Ir/c1-21-15-6-2-3-7-16(15)22(18-21)17-9-8-14(12-20-17)13-5-4-10-19-11-13;/h2-12H,1H3;. The smallest absolute Gasteiger partial charge is 0.397 e. The minimum atomic E-state index is 0. The van der Waals surface area contributed by atoms with Crippen LogP contribution in [0, 0.1) is 0 Å². The monoisotopic (exact) mass is 478 g/mol. The molecule has 0 unspecified atom stereocenters. The minimum Gasteiger partial charge on any atom is -0.400 e. The molecule has 0 bridgehead atoms. The van der Waals surface area contributed by atoms with Crippen LogP contribution in [0.1, 0.15) is 0 Å². The molecule has 114 valence electrons. The number of pyridine rings is 2. The summed E-state index contributed by atoms with van der Waals surface area (Å²) in [4.78, 5) is 13.0. The van der Waals surface area contributed by atoms with Crippen LogP contribution in [0.3, 0.4) is 0 Å². The van der Waals surface area contributed by atoms with Gasteiger partial charge >= 0.3 is 7.55 Å². The van der Waals surface area contributed by atoms with E-state index in [-0.39, 0.29) is 20.1 Å². The van der Waals surface area contributed by atoms with Gasteiger partial charge in [-0.3, -0.25) is 4.98 Å². The number of rotatable bonds is 2. The molecule has 0 fully saturated rings. The minimum absolute atomic E-state index is 0. The second kappa shape index (κ2) is 6.53. The molecule has 0 N–H and O–H groups in total. The van der Waals surface area contributed by atoms with Crippen molar-refractivity contribution >= 4 is 24.7 Å². The number of aromatic nitrogens is 2. The van der Waals surface area contributed by atoms with Gasteiger partial charge in [-0.1, -0.05) is 18.2 Å². The molecule has 0 spiro atoms. The van der Waals surface area contributed by atoms with Gasteiger partial charge in [0.1, 0.15) is 5.82 Å². The van der Waals surface area contributed by atoms with Crippen molar-refractivity contribution in [1.29, 1.82) is 0 Å². The first-order valence-corrected chi connectivity index (χ1v) is 7.15. The van der Waals surface area contributed by atoms with Gasteiger partial charge in [0.2, 0.25) is 0 Å². The van der Waals surface area contributed by atoms with Crippen LogP contribution < -0.4 is 9.62 Å². The molecule has 1 aromatic carbocycles. The summed E-state index contributed by atoms with van der Waals surface area (Å²) in [5, 5.41) is 0. The molecule has 1 aliphatic rings. The van der Waals surface area contributed by atoms with Crippen molar-refractivity contribution in [2.45, 2.75) is 0 Å². The summed E-state index contributed by atoms with van der Waals surface area (Å²) in [7, 11) is 4.10. The first-order chi connectivity index (χ1) is 10.8. The average Bonchev–Trinajstić information content (AvgIpc) is 2.93. The molecule has 3 heterocycles. The third-order valence-corrected chi connectivity index (χ3v) is 3.80. The predicted molar refractivity (Wildman–Crippen MR) is 90.2 cm³/mol. The van der Waals surface area contributed by atoms with E-state index in [0.717, 1.165) is 22.6 Å². The summed E-state index contributed by atoms with van der Waals surface area (Å²) >= 11 is 0. The topological polar surface area (TPSA) is 32.3 Å². The molecule has 2 radical (unpaired) electrons. The fourth-order valence-corrected chi connectivity index (χ4v) is 2.68. The second-order valence-corrected chi connectivity index (χ2v) is 5.23. The molecule has 3 aromatic rings. The van der Waals surface area contributed by atoms with E-state index >= 15 is 0 Å². The zero-order valence-corrected chi connectivity index (χ0v) is 14.9. The van der Waals surface area contributed by atoms with Crippen LogP contribution in [-0.2, 0) is 20.1 Å². The van der Waals surface area contributed by atoms with Gasteiger partial charge in [0.15, 0.2) is 0 Å². The summed E-state index contributed by atoms with van der Waals surface area (Å²) in [5.74, 6) is 0.907. The molecule has 6 heteroatoms. The fraction of sp³-hybridized carbons (Fsp3) is 0.0588. The van der Waals surface area contributed by atoms with Gasteiger partial charge in [-0.05, 0) is 37.4 Å². The summed E-state index contributed by atoms with van der Waals surface area (Å²) in [6.07, 6.45) is 5.51. The van der Waals surface area contributed by atoms with Gasteiger partial charge in [0.25, 0.3) is 0 Å². The number of hydrogen-bond acceptors (Lipinski definition) is 4. The van der Waals surface area contributed by atoms with Gasteiger partial charge in [-0.2, -0.15) is 0 Å². The van der Waals surface area contributed by atoms with E-state index in [9.17, 15) is 0 Å². The van der Waals surface area contributed by atoms with Gasteiger partial charge in [0, 0.05) is 55.5 Å². The van der Waals surface area contributed by atoms with E-state index in [1.807, 2.05) is 49.8 Å². The van der Waals surface area contributed by atoms with Gasteiger partial charge in [0.05, 0.1) is 5.69 Å². The maximum Gasteiger partial charge on any atom is 0.397 e. The Bertz CT molecular complexity index is 795. The van der Waals surface area contributed by atoms with Crippen LogP contribution in [0.2, 0.25) is 0 Å². The predicted octanol–water partition coefficient (Wildman–Crippen LogP) is 3.26. The molecule has 0 amide bonds. The molecule has 1 aliphatic heterocycles. The van der Waals surface area contributed by atoms with Crippen LogP contribution in [-0.4, -0.2) is 24.6 Å². The maximum atomic E-state index is 4.61. The van der Waals surface area contributed by atoms with E-state index in [1.165, 1.54) is 5.69 Å². The Balaban J connectivity index is 0.00000156. The zero-order chi connectivity index (χ0) is 14.9. The quantitative estimate of drug-likeness (QED) is 0.531. The van der Waals surface area contributed by atoms with Crippen molar-refractivity contribution < 1.29 is 20.1 Å². The van der Waals surface area contributed by atoms with Crippen LogP contribution in [0.4, 0.5) is 17.2 Å². The zero-order valence-electron chi connectivity index (χ0n) is 12.6. The fourth-order valence-electron chi connectivity index (χ4n) is 2.68. The van der Waals surface area contributed by atoms with Crippen LogP contribution in [0.25, 0.3) is 11.1 Å². The molecular formula is C17H14BIrN4. The van der Waals surface area contributed by atoms with Crippen molar-refractivity contribution in [3.63, 3.8) is 0 Å². The van der Waals surface area contributed by atoms with E-state index in [1.54, 1.807) is 6.20 Å². The third kappa shape index (κ3) is 2.88. The largest absolute Gasteiger partial charge is 0.400 e. The Morgan fingerprint density at radius 1 is 0.870 bits per heavy atom. The Kier molecular flexibility index (Phi) is 4.46. The van der Waals surface area contributed by atoms with E-state index in [4.69, 9.17) is 0 Å². The van der Waals surface area contributed by atoms with Crippen molar-refractivity contribution in [3.05, 3.63) is 67.1 Å². The number of anilines is 3. The molecular weight excluding hydrogens is 463 g/mol. The van der Waals surface area contributed by atoms with Gasteiger partial charge in [-0.15, -0.1) is 0 Å². The van der Waals surface area contributed by atoms with Crippen LogP contribution in [0.5, 0.6) is 0 Å². The molecule has 4 nitrogen and oxygen atoms in total. The van der Waals surface area contributed by atoms with Crippen LogP contribution >= 0.6 is 0 Å². The Morgan fingerprint density at radius 2 is 1.65 bits per heavy atom. The Morgan fingerprint density at radius 3 is 2.35 bits per heavy atom. The molecule has 0 saturated carbocycles. The number of nitrogens with zero attached hydrogens (tertiary/aromatic N) is 4. The third-order valence-electron chi connectivity index (χ3n) is 3.80. The van der Waals surface area contributed by atoms with Gasteiger partial charge < -0.3 is 9.62 Å². The van der Waals surface area contributed by atoms with E-state index in [2.05, 4.69) is 45.3 Å². The normalized spacial score (nSPS) is 12.4. The van der Waals surface area contributed by atoms with Crippen molar-refractivity contribution in [3.8, 4) is 11.1 Å². The van der Waals surface area contributed by atoms with Crippen molar-refractivity contribution in [2.24, 2.45) is 0 Å². The van der Waals surface area contributed by atoms with Crippen molar-refractivity contribution in [2.75, 3.05) is 16.7 Å².